The van der Waals surface area contributed by atoms with E-state index in [0.717, 1.165) is 0 Å². The molecule has 2 nitrogen and oxygen atoms in total. The van der Waals surface area contributed by atoms with Gasteiger partial charge >= 0.3 is 0 Å². The summed E-state index contributed by atoms with van der Waals surface area (Å²) in [6.07, 6.45) is 0. The van der Waals surface area contributed by atoms with Crippen molar-refractivity contribution in [2.45, 2.75) is 13.5 Å². The lowest BCUT2D eigenvalue weighted by molar-refractivity contribution is 0.469. The molecule has 0 saturated heterocycles. The molecule has 0 aromatic heterocycles. The first kappa shape index (κ1) is 12.7. The fraction of sp³-hybridized carbons (Fsp3) is 0.143. The summed E-state index contributed by atoms with van der Waals surface area (Å²) in [5.74, 6) is -0.0881. The van der Waals surface area contributed by atoms with Crippen molar-refractivity contribution in [3.63, 3.8) is 0 Å². The molecule has 0 bridgehead atoms. The van der Waals surface area contributed by atoms with E-state index in [0.29, 0.717) is 28.4 Å². The van der Waals surface area contributed by atoms with Gasteiger partial charge in [-0.1, -0.05) is 17.7 Å². The van der Waals surface area contributed by atoms with Crippen molar-refractivity contribution in [2.24, 2.45) is 0 Å². The summed E-state index contributed by atoms with van der Waals surface area (Å²) in [5.41, 5.74) is 1.94. The minimum Gasteiger partial charge on any atom is -0.508 e. The predicted octanol–water partition coefficient (Wildman–Crippen LogP) is 4.11. The summed E-state index contributed by atoms with van der Waals surface area (Å²) in [4.78, 5) is 0. The van der Waals surface area contributed by atoms with Gasteiger partial charge in [0.05, 0.1) is 0 Å². The highest BCUT2D eigenvalue weighted by Crippen LogP contribution is 2.23. The minimum atomic E-state index is -0.254. The normalized spacial score (nSPS) is 10.4. The highest BCUT2D eigenvalue weighted by molar-refractivity contribution is 6.30. The van der Waals surface area contributed by atoms with Crippen LogP contribution < -0.4 is 5.32 Å². The first-order valence-electron chi connectivity index (χ1n) is 5.53. The molecule has 0 aliphatic carbocycles. The molecule has 18 heavy (non-hydrogen) atoms. The Hall–Kier alpha value is -1.74. The Labute approximate surface area is 110 Å². The first-order valence-corrected chi connectivity index (χ1v) is 5.91. The minimum absolute atomic E-state index is 0.166. The van der Waals surface area contributed by atoms with E-state index < -0.39 is 0 Å². The van der Waals surface area contributed by atoms with Crippen LogP contribution in [0.2, 0.25) is 5.02 Å². The van der Waals surface area contributed by atoms with Crippen molar-refractivity contribution < 1.29 is 9.50 Å². The molecule has 0 atom stereocenters. The van der Waals surface area contributed by atoms with Crippen molar-refractivity contribution in [1.82, 2.24) is 0 Å². The number of rotatable bonds is 3. The number of phenolic OH excluding ortho intramolecular Hbond substituents is 1. The molecule has 0 radical (unpaired) electrons. The Morgan fingerprint density at radius 2 is 2.00 bits per heavy atom. The zero-order chi connectivity index (χ0) is 13.1. The van der Waals surface area contributed by atoms with Gasteiger partial charge in [-0.3, -0.25) is 0 Å². The second kappa shape index (κ2) is 5.27. The van der Waals surface area contributed by atoms with Crippen LogP contribution in [-0.4, -0.2) is 5.11 Å². The monoisotopic (exact) mass is 265 g/mol. The summed E-state index contributed by atoms with van der Waals surface area (Å²) in [6, 6.07) is 9.75. The Morgan fingerprint density at radius 3 is 2.72 bits per heavy atom. The number of aromatic hydroxyl groups is 1. The number of phenols is 1. The van der Waals surface area contributed by atoms with Gasteiger partial charge in [0.25, 0.3) is 0 Å². The van der Waals surface area contributed by atoms with Crippen molar-refractivity contribution in [1.29, 1.82) is 0 Å². The third-order valence-corrected chi connectivity index (χ3v) is 2.93. The summed E-state index contributed by atoms with van der Waals surface area (Å²) in [6.45, 7) is 2.09. The van der Waals surface area contributed by atoms with Gasteiger partial charge in [-0.15, -0.1) is 0 Å². The van der Waals surface area contributed by atoms with Gasteiger partial charge in [-0.25, -0.2) is 4.39 Å². The zero-order valence-corrected chi connectivity index (χ0v) is 10.6. The van der Waals surface area contributed by atoms with Crippen LogP contribution in [0.5, 0.6) is 5.75 Å². The van der Waals surface area contributed by atoms with Crippen LogP contribution in [0.3, 0.4) is 0 Å². The van der Waals surface area contributed by atoms with Crippen LogP contribution in [0.25, 0.3) is 0 Å². The summed E-state index contributed by atoms with van der Waals surface area (Å²) < 4.78 is 13.3. The van der Waals surface area contributed by atoms with Crippen molar-refractivity contribution >= 4 is 17.3 Å². The van der Waals surface area contributed by atoms with Crippen molar-refractivity contribution in [3.8, 4) is 5.75 Å². The number of halogens is 2. The molecule has 0 aliphatic heterocycles. The van der Waals surface area contributed by atoms with Gasteiger partial charge in [-0.05, 0) is 42.8 Å². The average Bonchev–Trinajstić information content (AvgIpc) is 2.34. The maximum atomic E-state index is 13.3. The summed E-state index contributed by atoms with van der Waals surface area (Å²) in [7, 11) is 0. The van der Waals surface area contributed by atoms with Crippen LogP contribution in [0.4, 0.5) is 10.1 Å². The quantitative estimate of drug-likeness (QED) is 0.875. The van der Waals surface area contributed by atoms with Crippen molar-refractivity contribution in [2.75, 3.05) is 5.32 Å². The molecule has 0 saturated carbocycles. The van der Waals surface area contributed by atoms with Crippen LogP contribution in [0.1, 0.15) is 11.1 Å². The number of hydrogen-bond donors (Lipinski definition) is 2. The van der Waals surface area contributed by atoms with E-state index >= 15 is 0 Å². The molecule has 0 aliphatic rings. The van der Waals surface area contributed by atoms with Crippen LogP contribution in [0.15, 0.2) is 36.4 Å². The molecule has 0 fully saturated rings. The van der Waals surface area contributed by atoms with E-state index in [1.165, 1.54) is 12.1 Å². The molecule has 2 N–H and O–H groups in total. The van der Waals surface area contributed by atoms with Crippen LogP contribution >= 0.6 is 11.6 Å². The van der Waals surface area contributed by atoms with Crippen LogP contribution in [0, 0.1) is 12.7 Å². The average molecular weight is 266 g/mol. The molecular formula is C14H13ClFNO. The number of anilines is 1. The van der Waals surface area contributed by atoms with Gasteiger partial charge in [0.15, 0.2) is 0 Å². The van der Waals surface area contributed by atoms with E-state index in [1.54, 1.807) is 31.2 Å². The number of aryl methyl sites for hydroxylation is 1. The lowest BCUT2D eigenvalue weighted by atomic mass is 10.2. The van der Waals surface area contributed by atoms with Gasteiger partial charge in [0, 0.05) is 22.8 Å². The lowest BCUT2D eigenvalue weighted by Gasteiger charge is -2.09. The zero-order valence-electron chi connectivity index (χ0n) is 9.87. The predicted molar refractivity (Wildman–Crippen MR) is 71.6 cm³/mol. The van der Waals surface area contributed by atoms with E-state index in [-0.39, 0.29) is 11.6 Å². The molecular weight excluding hydrogens is 253 g/mol. The SMILES string of the molecule is Cc1ccc(NCc2cc(Cl)ccc2O)cc1F. The number of benzene rings is 2. The molecule has 2 aromatic rings. The van der Waals surface area contributed by atoms with Crippen molar-refractivity contribution in [3.05, 3.63) is 58.4 Å². The highest BCUT2D eigenvalue weighted by atomic mass is 35.5. The van der Waals surface area contributed by atoms with Gasteiger partial charge in [0.2, 0.25) is 0 Å². The molecule has 4 heteroatoms. The van der Waals surface area contributed by atoms with E-state index in [4.69, 9.17) is 11.6 Å². The maximum absolute atomic E-state index is 13.3. The smallest absolute Gasteiger partial charge is 0.128 e. The molecule has 94 valence electrons. The Balaban J connectivity index is 2.11. The van der Waals surface area contributed by atoms with E-state index in [9.17, 15) is 9.50 Å². The Bertz CT molecular complexity index is 572. The number of nitrogens with one attached hydrogen (secondary N) is 1. The highest BCUT2D eigenvalue weighted by Gasteiger charge is 2.03. The second-order valence-corrected chi connectivity index (χ2v) is 4.53. The third kappa shape index (κ3) is 2.93. The maximum Gasteiger partial charge on any atom is 0.128 e. The van der Waals surface area contributed by atoms with E-state index in [1.807, 2.05) is 0 Å². The molecule has 2 rings (SSSR count). The van der Waals surface area contributed by atoms with Gasteiger partial charge in [0.1, 0.15) is 11.6 Å². The fourth-order valence-electron chi connectivity index (χ4n) is 1.60. The van der Waals surface area contributed by atoms with E-state index in [2.05, 4.69) is 5.32 Å². The summed E-state index contributed by atoms with van der Waals surface area (Å²) >= 11 is 5.85. The summed E-state index contributed by atoms with van der Waals surface area (Å²) in [5, 5.41) is 13.2. The first-order chi connectivity index (χ1) is 8.56. The second-order valence-electron chi connectivity index (χ2n) is 4.09. The topological polar surface area (TPSA) is 32.3 Å². The Kier molecular flexibility index (Phi) is 3.72. The van der Waals surface area contributed by atoms with Crippen LogP contribution in [-0.2, 0) is 6.54 Å². The third-order valence-electron chi connectivity index (χ3n) is 2.70. The standard InChI is InChI=1S/C14H13ClFNO/c1-9-2-4-12(7-13(9)16)17-8-10-6-11(15)3-5-14(10)18/h2-7,17-18H,8H2,1H3. The number of hydrogen-bond acceptors (Lipinski definition) is 2. The Morgan fingerprint density at radius 1 is 1.22 bits per heavy atom. The molecule has 0 amide bonds. The van der Waals surface area contributed by atoms with Gasteiger partial charge < -0.3 is 10.4 Å². The molecule has 2 aromatic carbocycles. The molecule has 0 unspecified atom stereocenters. The largest absolute Gasteiger partial charge is 0.508 e. The fourth-order valence-corrected chi connectivity index (χ4v) is 1.79. The molecule has 0 heterocycles. The lowest BCUT2D eigenvalue weighted by Crippen LogP contribution is -2.00. The van der Waals surface area contributed by atoms with Gasteiger partial charge in [-0.2, -0.15) is 0 Å². The molecule has 0 spiro atoms.